The summed E-state index contributed by atoms with van der Waals surface area (Å²) in [5.41, 5.74) is 0.747. The van der Waals surface area contributed by atoms with E-state index in [1.165, 1.54) is 0 Å². The van der Waals surface area contributed by atoms with Crippen LogP contribution < -0.4 is 4.90 Å². The predicted molar refractivity (Wildman–Crippen MR) is 92.3 cm³/mol. The summed E-state index contributed by atoms with van der Waals surface area (Å²) < 4.78 is 3.46. The summed E-state index contributed by atoms with van der Waals surface area (Å²) in [5.74, 6) is 0.927. The lowest BCUT2D eigenvalue weighted by Gasteiger charge is -2.41. The Balaban J connectivity index is 1.36. The number of β-amino-alcohol motifs (C(OH)–C–C–N with tert-alkyl or cyclic N) is 1. The molecule has 0 aliphatic carbocycles. The third-order valence-corrected chi connectivity index (χ3v) is 4.58. The van der Waals surface area contributed by atoms with Gasteiger partial charge in [0.15, 0.2) is 5.65 Å². The van der Waals surface area contributed by atoms with E-state index in [9.17, 15) is 5.11 Å². The second-order valence-electron chi connectivity index (χ2n) is 6.51. The van der Waals surface area contributed by atoms with E-state index in [1.54, 1.807) is 21.7 Å². The molecule has 4 heterocycles. The molecule has 9 nitrogen and oxygen atoms in total. The third kappa shape index (κ3) is 3.47. The minimum atomic E-state index is -0.426. The molecule has 0 radical (unpaired) electrons. The third-order valence-electron chi connectivity index (χ3n) is 4.58. The second-order valence-corrected chi connectivity index (χ2v) is 6.51. The molecule has 0 amide bonds. The van der Waals surface area contributed by atoms with Crippen molar-refractivity contribution in [2.45, 2.75) is 25.6 Å². The van der Waals surface area contributed by atoms with Gasteiger partial charge in [0.2, 0.25) is 0 Å². The molecule has 3 aromatic heterocycles. The number of aromatic nitrogens is 6. The SMILES string of the molecule is CC1CN(CC(O)Cn2cccn2)CCN1c1ccc2nncn2n1. The molecule has 1 saturated heterocycles. The van der Waals surface area contributed by atoms with Crippen molar-refractivity contribution in [2.24, 2.45) is 0 Å². The molecule has 0 saturated carbocycles. The van der Waals surface area contributed by atoms with Crippen molar-refractivity contribution in [1.29, 1.82) is 0 Å². The number of anilines is 1. The van der Waals surface area contributed by atoms with Crippen molar-refractivity contribution >= 4 is 11.5 Å². The topological polar surface area (TPSA) is 87.6 Å². The van der Waals surface area contributed by atoms with Crippen LogP contribution in [0, 0.1) is 0 Å². The zero-order valence-corrected chi connectivity index (χ0v) is 14.2. The number of hydrogen-bond acceptors (Lipinski definition) is 7. The second kappa shape index (κ2) is 6.77. The van der Waals surface area contributed by atoms with Gasteiger partial charge in [-0.25, -0.2) is 0 Å². The average Bonchev–Trinajstić information content (AvgIpc) is 3.25. The molecule has 1 aliphatic heterocycles. The smallest absolute Gasteiger partial charge is 0.177 e. The summed E-state index contributed by atoms with van der Waals surface area (Å²) in [5, 5.41) is 26.9. The van der Waals surface area contributed by atoms with Crippen LogP contribution in [0.15, 0.2) is 36.9 Å². The normalized spacial score (nSPS) is 20.2. The van der Waals surface area contributed by atoms with Crippen molar-refractivity contribution in [1.82, 2.24) is 34.5 Å². The highest BCUT2D eigenvalue weighted by Gasteiger charge is 2.26. The fourth-order valence-corrected chi connectivity index (χ4v) is 3.39. The predicted octanol–water partition coefficient (Wildman–Crippen LogP) is -0.108. The molecule has 0 spiro atoms. The Morgan fingerprint density at radius 1 is 1.28 bits per heavy atom. The maximum atomic E-state index is 10.3. The van der Waals surface area contributed by atoms with Crippen LogP contribution in [-0.2, 0) is 6.54 Å². The highest BCUT2D eigenvalue weighted by molar-refractivity contribution is 5.46. The van der Waals surface area contributed by atoms with Gasteiger partial charge in [0.25, 0.3) is 0 Å². The van der Waals surface area contributed by atoms with Crippen molar-refractivity contribution in [3.63, 3.8) is 0 Å². The number of rotatable bonds is 5. The van der Waals surface area contributed by atoms with Gasteiger partial charge in [-0.3, -0.25) is 9.58 Å². The summed E-state index contributed by atoms with van der Waals surface area (Å²) in [7, 11) is 0. The minimum Gasteiger partial charge on any atom is -0.390 e. The maximum absolute atomic E-state index is 10.3. The lowest BCUT2D eigenvalue weighted by Crippen LogP contribution is -2.54. The van der Waals surface area contributed by atoms with Gasteiger partial charge < -0.3 is 10.0 Å². The number of piperazine rings is 1. The molecule has 2 unspecified atom stereocenters. The van der Waals surface area contributed by atoms with E-state index in [4.69, 9.17) is 0 Å². The number of hydrogen-bond donors (Lipinski definition) is 1. The molecule has 1 aliphatic rings. The largest absolute Gasteiger partial charge is 0.390 e. The molecule has 0 aromatic carbocycles. The fourth-order valence-electron chi connectivity index (χ4n) is 3.39. The van der Waals surface area contributed by atoms with Crippen LogP contribution in [0.1, 0.15) is 6.92 Å². The highest BCUT2D eigenvalue weighted by atomic mass is 16.3. The van der Waals surface area contributed by atoms with Crippen LogP contribution >= 0.6 is 0 Å². The summed E-state index contributed by atoms with van der Waals surface area (Å²) in [6.07, 6.45) is 4.79. The molecule has 132 valence electrons. The zero-order chi connectivity index (χ0) is 17.2. The van der Waals surface area contributed by atoms with Crippen LogP contribution in [0.5, 0.6) is 0 Å². The molecular weight excluding hydrogens is 320 g/mol. The van der Waals surface area contributed by atoms with Gasteiger partial charge in [-0.2, -0.15) is 9.61 Å². The van der Waals surface area contributed by atoms with E-state index >= 15 is 0 Å². The lowest BCUT2D eigenvalue weighted by molar-refractivity contribution is 0.0861. The Kier molecular flexibility index (Phi) is 4.33. The summed E-state index contributed by atoms with van der Waals surface area (Å²) in [6.45, 7) is 6.00. The number of aliphatic hydroxyl groups is 1. The van der Waals surface area contributed by atoms with Gasteiger partial charge in [-0.15, -0.1) is 15.3 Å². The van der Waals surface area contributed by atoms with Gasteiger partial charge in [-0.1, -0.05) is 0 Å². The Morgan fingerprint density at radius 3 is 3.00 bits per heavy atom. The molecule has 25 heavy (non-hydrogen) atoms. The fraction of sp³-hybridized carbons (Fsp3) is 0.500. The molecule has 4 rings (SSSR count). The molecule has 9 heteroatoms. The number of fused-ring (bicyclic) bond motifs is 1. The Bertz CT molecular complexity index is 817. The van der Waals surface area contributed by atoms with Gasteiger partial charge in [0.1, 0.15) is 12.1 Å². The van der Waals surface area contributed by atoms with Gasteiger partial charge >= 0.3 is 0 Å². The first-order chi connectivity index (χ1) is 12.2. The summed E-state index contributed by atoms with van der Waals surface area (Å²) >= 11 is 0. The monoisotopic (exact) mass is 342 g/mol. The van der Waals surface area contributed by atoms with E-state index < -0.39 is 6.10 Å². The van der Waals surface area contributed by atoms with Crippen LogP contribution in [-0.4, -0.2) is 77.9 Å². The molecular formula is C16H22N8O. The Labute approximate surface area is 145 Å². The van der Waals surface area contributed by atoms with Crippen LogP contribution in [0.3, 0.4) is 0 Å². The summed E-state index contributed by atoms with van der Waals surface area (Å²) in [4.78, 5) is 4.59. The van der Waals surface area contributed by atoms with Crippen LogP contribution in [0.4, 0.5) is 5.82 Å². The standard InChI is InChI=1S/C16H22N8O/c1-13-9-21(10-14(25)11-22-6-2-5-18-22)7-8-23(13)16-4-3-15-19-17-12-24(15)20-16/h2-6,12-14,25H,7-11H2,1H3. The van der Waals surface area contributed by atoms with Crippen LogP contribution in [0.25, 0.3) is 5.65 Å². The minimum absolute atomic E-state index is 0.312. The quantitative estimate of drug-likeness (QED) is 0.692. The van der Waals surface area contributed by atoms with Gasteiger partial charge in [0.05, 0.1) is 12.6 Å². The van der Waals surface area contributed by atoms with E-state index in [-0.39, 0.29) is 0 Å². The van der Waals surface area contributed by atoms with Crippen LogP contribution in [0.2, 0.25) is 0 Å². The number of aliphatic hydroxyl groups excluding tert-OH is 1. The van der Waals surface area contributed by atoms with Crippen molar-refractivity contribution < 1.29 is 5.11 Å². The first-order valence-electron chi connectivity index (χ1n) is 8.50. The van der Waals surface area contributed by atoms with E-state index in [2.05, 4.69) is 37.1 Å². The molecule has 2 atom stereocenters. The van der Waals surface area contributed by atoms with Crippen molar-refractivity contribution in [2.75, 3.05) is 31.1 Å². The molecule has 1 fully saturated rings. The van der Waals surface area contributed by atoms with Gasteiger partial charge in [-0.05, 0) is 25.1 Å². The molecule has 3 aromatic rings. The molecule has 1 N–H and O–H groups in total. The van der Waals surface area contributed by atoms with Crippen molar-refractivity contribution in [3.05, 3.63) is 36.9 Å². The Morgan fingerprint density at radius 2 is 2.20 bits per heavy atom. The molecule has 0 bridgehead atoms. The number of nitrogens with zero attached hydrogens (tertiary/aromatic N) is 8. The summed E-state index contributed by atoms with van der Waals surface area (Å²) in [6, 6.07) is 6.10. The first-order valence-corrected chi connectivity index (χ1v) is 8.50. The van der Waals surface area contributed by atoms with E-state index in [0.29, 0.717) is 19.1 Å². The van der Waals surface area contributed by atoms with E-state index in [0.717, 1.165) is 31.1 Å². The first kappa shape index (κ1) is 16.0. The van der Waals surface area contributed by atoms with Gasteiger partial charge in [0, 0.05) is 44.6 Å². The van der Waals surface area contributed by atoms with E-state index in [1.807, 2.05) is 24.4 Å². The van der Waals surface area contributed by atoms with Crippen molar-refractivity contribution in [3.8, 4) is 0 Å². The highest BCUT2D eigenvalue weighted by Crippen LogP contribution is 2.18. The lowest BCUT2D eigenvalue weighted by atomic mass is 10.1. The zero-order valence-electron chi connectivity index (χ0n) is 14.2. The average molecular weight is 342 g/mol. The Hall–Kier alpha value is -2.52. The maximum Gasteiger partial charge on any atom is 0.177 e.